The fourth-order valence-corrected chi connectivity index (χ4v) is 4.52. The molecule has 3 aromatic rings. The average molecular weight is 397 g/mol. The van der Waals surface area contributed by atoms with Crippen molar-refractivity contribution in [2.75, 3.05) is 25.2 Å². The lowest BCUT2D eigenvalue weighted by atomic mass is 10.1. The minimum absolute atomic E-state index is 0.0384. The fourth-order valence-electron chi connectivity index (χ4n) is 3.43. The summed E-state index contributed by atoms with van der Waals surface area (Å²) in [6.07, 6.45) is 2.43. The van der Waals surface area contributed by atoms with Gasteiger partial charge in [0, 0.05) is 6.61 Å². The smallest absolute Gasteiger partial charge is 0.233 e. The molecule has 0 N–H and O–H groups in total. The van der Waals surface area contributed by atoms with Crippen LogP contribution >= 0.6 is 11.3 Å². The number of anilines is 1. The van der Waals surface area contributed by atoms with Gasteiger partial charge in [0.05, 0.1) is 36.4 Å². The largest absolute Gasteiger partial charge is 0.497 e. The molecule has 1 amide bonds. The van der Waals surface area contributed by atoms with Gasteiger partial charge in [0.25, 0.3) is 0 Å². The molecule has 28 heavy (non-hydrogen) atoms. The Morgan fingerprint density at radius 2 is 2.11 bits per heavy atom. The molecule has 4 rings (SSSR count). The van der Waals surface area contributed by atoms with Crippen LogP contribution in [0.25, 0.3) is 10.2 Å². The van der Waals surface area contributed by atoms with Crippen molar-refractivity contribution in [2.45, 2.75) is 32.3 Å². The quantitative estimate of drug-likeness (QED) is 0.621. The predicted molar refractivity (Wildman–Crippen MR) is 112 cm³/mol. The highest BCUT2D eigenvalue weighted by molar-refractivity contribution is 7.22. The van der Waals surface area contributed by atoms with E-state index in [9.17, 15) is 4.79 Å². The van der Waals surface area contributed by atoms with E-state index in [-0.39, 0.29) is 12.0 Å². The molecule has 0 aliphatic carbocycles. The summed E-state index contributed by atoms with van der Waals surface area (Å²) in [6, 6.07) is 13.8. The van der Waals surface area contributed by atoms with Crippen LogP contribution in [0.4, 0.5) is 5.13 Å². The van der Waals surface area contributed by atoms with Crippen LogP contribution in [-0.2, 0) is 16.0 Å². The van der Waals surface area contributed by atoms with E-state index in [2.05, 4.69) is 19.1 Å². The minimum atomic E-state index is 0.0384. The van der Waals surface area contributed by atoms with Gasteiger partial charge in [0.2, 0.25) is 5.91 Å². The number of amides is 1. The van der Waals surface area contributed by atoms with Gasteiger partial charge in [-0.3, -0.25) is 9.69 Å². The number of hydrogen-bond acceptors (Lipinski definition) is 5. The Labute approximate surface area is 168 Å². The third-order valence-electron chi connectivity index (χ3n) is 4.99. The average Bonchev–Trinajstić information content (AvgIpc) is 3.35. The van der Waals surface area contributed by atoms with Gasteiger partial charge in [-0.05, 0) is 55.2 Å². The molecule has 1 aliphatic rings. The second-order valence-corrected chi connectivity index (χ2v) is 8.14. The van der Waals surface area contributed by atoms with E-state index in [0.717, 1.165) is 46.1 Å². The monoisotopic (exact) mass is 396 g/mol. The molecule has 1 atom stereocenters. The van der Waals surface area contributed by atoms with Gasteiger partial charge in [-0.15, -0.1) is 0 Å². The van der Waals surface area contributed by atoms with Crippen molar-refractivity contribution in [1.82, 2.24) is 4.98 Å². The zero-order valence-corrected chi connectivity index (χ0v) is 17.0. The van der Waals surface area contributed by atoms with Gasteiger partial charge < -0.3 is 9.47 Å². The van der Waals surface area contributed by atoms with Crippen LogP contribution in [0.3, 0.4) is 0 Å². The third kappa shape index (κ3) is 4.18. The lowest BCUT2D eigenvalue weighted by molar-refractivity contribution is -0.118. The highest BCUT2D eigenvalue weighted by atomic mass is 32.1. The molecule has 0 radical (unpaired) electrons. The number of thiazole rings is 1. The van der Waals surface area contributed by atoms with Gasteiger partial charge in [-0.1, -0.05) is 29.5 Å². The normalized spacial score (nSPS) is 16.4. The number of carbonyl (C=O) groups excluding carboxylic acids is 1. The number of nitrogens with zero attached hydrogens (tertiary/aromatic N) is 2. The van der Waals surface area contributed by atoms with Crippen LogP contribution in [-0.4, -0.2) is 37.3 Å². The third-order valence-corrected chi connectivity index (χ3v) is 6.03. The van der Waals surface area contributed by atoms with Crippen LogP contribution in [0, 0.1) is 6.92 Å². The number of fused-ring (bicyclic) bond motifs is 1. The van der Waals surface area contributed by atoms with Gasteiger partial charge in [0.15, 0.2) is 5.13 Å². The predicted octanol–water partition coefficient (Wildman–Crippen LogP) is 4.37. The minimum Gasteiger partial charge on any atom is -0.497 e. The summed E-state index contributed by atoms with van der Waals surface area (Å²) in [5.74, 6) is 0.824. The fraction of sp³-hybridized carbons (Fsp3) is 0.364. The first kappa shape index (κ1) is 18.9. The summed E-state index contributed by atoms with van der Waals surface area (Å²) in [5.41, 5.74) is 3.08. The first-order valence-electron chi connectivity index (χ1n) is 9.54. The second kappa shape index (κ2) is 8.29. The highest BCUT2D eigenvalue weighted by Crippen LogP contribution is 2.31. The number of carbonyl (C=O) groups is 1. The Hall–Kier alpha value is -2.44. The molecule has 5 nitrogen and oxygen atoms in total. The Kier molecular flexibility index (Phi) is 5.59. The van der Waals surface area contributed by atoms with Crippen LogP contribution in [0.2, 0.25) is 0 Å². The standard InChI is InChI=1S/C22H24N2O3S/c1-15-5-10-19-20(12-15)28-22(23-19)24(14-18-4-3-11-27-18)21(25)13-16-6-8-17(26-2)9-7-16/h5-10,12,18H,3-4,11,13-14H2,1-2H3/t18-/m1/s1. The van der Waals surface area contributed by atoms with Crippen LogP contribution in [0.15, 0.2) is 42.5 Å². The molecule has 0 unspecified atom stereocenters. The molecule has 146 valence electrons. The zero-order valence-electron chi connectivity index (χ0n) is 16.2. The molecule has 6 heteroatoms. The molecule has 0 saturated carbocycles. The summed E-state index contributed by atoms with van der Waals surface area (Å²) >= 11 is 1.57. The number of rotatable bonds is 6. The van der Waals surface area contributed by atoms with E-state index in [1.54, 1.807) is 23.3 Å². The molecular weight excluding hydrogens is 372 g/mol. The molecule has 0 bridgehead atoms. The summed E-state index contributed by atoms with van der Waals surface area (Å²) in [4.78, 5) is 19.7. The maximum atomic E-state index is 13.2. The molecule has 1 aliphatic heterocycles. The number of aryl methyl sites for hydroxylation is 1. The van der Waals surface area contributed by atoms with Crippen molar-refractivity contribution in [1.29, 1.82) is 0 Å². The Morgan fingerprint density at radius 1 is 1.29 bits per heavy atom. The molecule has 1 saturated heterocycles. The van der Waals surface area contributed by atoms with E-state index < -0.39 is 0 Å². The number of ether oxygens (including phenoxy) is 2. The summed E-state index contributed by atoms with van der Waals surface area (Å²) in [5, 5.41) is 0.745. The van der Waals surface area contributed by atoms with Gasteiger partial charge in [0.1, 0.15) is 5.75 Å². The van der Waals surface area contributed by atoms with Crippen molar-refractivity contribution >= 4 is 32.6 Å². The summed E-state index contributed by atoms with van der Waals surface area (Å²) in [7, 11) is 1.64. The maximum Gasteiger partial charge on any atom is 0.233 e. The topological polar surface area (TPSA) is 51.7 Å². The lowest BCUT2D eigenvalue weighted by Gasteiger charge is -2.23. The van der Waals surface area contributed by atoms with E-state index in [4.69, 9.17) is 14.5 Å². The number of methoxy groups -OCH3 is 1. The van der Waals surface area contributed by atoms with Gasteiger partial charge >= 0.3 is 0 Å². The van der Waals surface area contributed by atoms with E-state index in [1.165, 1.54) is 5.56 Å². The summed E-state index contributed by atoms with van der Waals surface area (Å²) in [6.45, 7) is 3.38. The summed E-state index contributed by atoms with van der Waals surface area (Å²) < 4.78 is 12.1. The number of hydrogen-bond donors (Lipinski definition) is 0. The molecular formula is C22H24N2O3S. The lowest BCUT2D eigenvalue weighted by Crippen LogP contribution is -2.38. The zero-order chi connectivity index (χ0) is 19.5. The molecule has 1 aromatic heterocycles. The maximum absolute atomic E-state index is 13.2. The molecule has 2 aromatic carbocycles. The van der Waals surface area contributed by atoms with Crippen molar-refractivity contribution < 1.29 is 14.3 Å². The Morgan fingerprint density at radius 3 is 2.82 bits per heavy atom. The van der Waals surface area contributed by atoms with E-state index in [0.29, 0.717) is 13.0 Å². The molecule has 2 heterocycles. The van der Waals surface area contributed by atoms with Crippen LogP contribution in [0.1, 0.15) is 24.0 Å². The van der Waals surface area contributed by atoms with Crippen molar-refractivity contribution in [3.8, 4) is 5.75 Å². The first-order chi connectivity index (χ1) is 13.6. The van der Waals surface area contributed by atoms with E-state index >= 15 is 0 Å². The van der Waals surface area contributed by atoms with Crippen molar-refractivity contribution in [3.63, 3.8) is 0 Å². The number of benzene rings is 2. The molecule has 1 fully saturated rings. The molecule has 0 spiro atoms. The van der Waals surface area contributed by atoms with E-state index in [1.807, 2.05) is 30.3 Å². The van der Waals surface area contributed by atoms with Gasteiger partial charge in [-0.2, -0.15) is 0 Å². The Bertz CT molecular complexity index is 962. The van der Waals surface area contributed by atoms with Crippen LogP contribution in [0.5, 0.6) is 5.75 Å². The highest BCUT2D eigenvalue weighted by Gasteiger charge is 2.26. The van der Waals surface area contributed by atoms with Crippen molar-refractivity contribution in [2.24, 2.45) is 0 Å². The van der Waals surface area contributed by atoms with Gasteiger partial charge in [-0.25, -0.2) is 4.98 Å². The van der Waals surface area contributed by atoms with Crippen LogP contribution < -0.4 is 9.64 Å². The number of aromatic nitrogens is 1. The van der Waals surface area contributed by atoms with Crippen molar-refractivity contribution in [3.05, 3.63) is 53.6 Å². The second-order valence-electron chi connectivity index (χ2n) is 7.13. The Balaban J connectivity index is 1.60. The SMILES string of the molecule is COc1ccc(CC(=O)N(C[C@H]2CCCO2)c2nc3ccc(C)cc3s2)cc1. The first-order valence-corrected chi connectivity index (χ1v) is 10.4.